The molecule has 4 rings (SSSR count). The van der Waals surface area contributed by atoms with Gasteiger partial charge in [0.1, 0.15) is 30.3 Å². The Kier molecular flexibility index (Phi) is 6.37. The van der Waals surface area contributed by atoms with Gasteiger partial charge >= 0.3 is 6.05 Å². The van der Waals surface area contributed by atoms with E-state index in [0.717, 1.165) is 44.4 Å². The van der Waals surface area contributed by atoms with Gasteiger partial charge in [-0.3, -0.25) is 9.69 Å². The van der Waals surface area contributed by atoms with Gasteiger partial charge in [-0.05, 0) is 62.7 Å². The molecule has 3 aromatic rings. The van der Waals surface area contributed by atoms with E-state index in [1.807, 2.05) is 5.32 Å². The van der Waals surface area contributed by atoms with Crippen LogP contribution in [0.25, 0.3) is 10.9 Å². The molecule has 10 heteroatoms. The lowest BCUT2D eigenvalue weighted by molar-refractivity contribution is 0.0243. The number of aromatic nitrogens is 2. The third-order valence-electron chi connectivity index (χ3n) is 5.59. The van der Waals surface area contributed by atoms with Crippen LogP contribution in [-0.4, -0.2) is 47.0 Å². The van der Waals surface area contributed by atoms with Crippen LogP contribution in [0.15, 0.2) is 36.7 Å². The van der Waals surface area contributed by atoms with Crippen LogP contribution in [0.5, 0.6) is 5.75 Å². The molecule has 0 atom stereocenters. The number of amides is 1. The van der Waals surface area contributed by atoms with Gasteiger partial charge in [-0.1, -0.05) is 6.07 Å². The molecule has 1 amide bonds. The highest BCUT2D eigenvalue weighted by atomic mass is 19.3. The Hall–Kier alpha value is -3.40. The Morgan fingerprint density at radius 3 is 2.67 bits per heavy atom. The van der Waals surface area contributed by atoms with E-state index < -0.39 is 23.3 Å². The zero-order valence-corrected chi connectivity index (χ0v) is 18.1. The maximum Gasteiger partial charge on any atom is 0.354 e. The predicted octanol–water partition coefficient (Wildman–Crippen LogP) is 3.81. The Morgan fingerprint density at radius 2 is 1.97 bits per heavy atom. The number of carbonyl (C=O) groups is 1. The molecule has 7 nitrogen and oxygen atoms in total. The number of benzene rings is 2. The van der Waals surface area contributed by atoms with Crippen molar-refractivity contribution in [2.75, 3.05) is 31.6 Å². The number of fused-ring (bicyclic) bond motifs is 1. The topological polar surface area (TPSA) is 93.4 Å². The molecule has 33 heavy (non-hydrogen) atoms. The molecule has 174 valence electrons. The summed E-state index contributed by atoms with van der Waals surface area (Å²) in [5.41, 5.74) is 5.29. The number of carbonyl (C=O) groups excluding carboxylic acids is 1. The van der Waals surface area contributed by atoms with Crippen molar-refractivity contribution < 1.29 is 22.7 Å². The van der Waals surface area contributed by atoms with Crippen molar-refractivity contribution in [3.8, 4) is 5.75 Å². The SMILES string of the molecule is Cc1ccc(C(F)(F)Nc2ncnc3c(C(N)=O)cc(OCCN4CCCC4)cc23)c(F)c1. The summed E-state index contributed by atoms with van der Waals surface area (Å²) >= 11 is 0. The number of hydrogen-bond acceptors (Lipinski definition) is 6. The number of nitrogens with two attached hydrogens (primary N) is 1. The molecule has 1 aromatic heterocycles. The lowest BCUT2D eigenvalue weighted by Crippen LogP contribution is -2.27. The lowest BCUT2D eigenvalue weighted by atomic mass is 10.1. The second kappa shape index (κ2) is 9.22. The highest BCUT2D eigenvalue weighted by Gasteiger charge is 2.35. The highest BCUT2D eigenvalue weighted by Crippen LogP contribution is 2.35. The first-order chi connectivity index (χ1) is 15.7. The van der Waals surface area contributed by atoms with E-state index in [-0.39, 0.29) is 28.0 Å². The van der Waals surface area contributed by atoms with Gasteiger partial charge in [-0.25, -0.2) is 14.4 Å². The monoisotopic (exact) mass is 459 g/mol. The summed E-state index contributed by atoms with van der Waals surface area (Å²) in [5.74, 6) is -1.84. The number of rotatable bonds is 8. The summed E-state index contributed by atoms with van der Waals surface area (Å²) in [4.78, 5) is 22.2. The molecule has 3 N–H and O–H groups in total. The molecule has 0 unspecified atom stereocenters. The zero-order valence-electron chi connectivity index (χ0n) is 18.1. The highest BCUT2D eigenvalue weighted by molar-refractivity contribution is 6.07. The van der Waals surface area contributed by atoms with Crippen molar-refractivity contribution in [3.05, 3.63) is 59.2 Å². The summed E-state index contributed by atoms with van der Waals surface area (Å²) < 4.78 is 49.9. The van der Waals surface area contributed by atoms with Gasteiger partial charge in [-0.2, -0.15) is 8.78 Å². The smallest absolute Gasteiger partial charge is 0.354 e. The quantitative estimate of drug-likeness (QED) is 0.498. The first kappa shape index (κ1) is 22.8. The number of halogens is 3. The number of aryl methyl sites for hydroxylation is 1. The van der Waals surface area contributed by atoms with E-state index in [2.05, 4.69) is 14.9 Å². The fraction of sp³-hybridized carbons (Fsp3) is 0.348. The van der Waals surface area contributed by atoms with E-state index in [0.29, 0.717) is 18.7 Å². The Labute approximate surface area is 188 Å². The number of nitrogens with one attached hydrogen (secondary N) is 1. The minimum atomic E-state index is -3.78. The summed E-state index contributed by atoms with van der Waals surface area (Å²) in [5, 5.41) is 2.10. The molecule has 2 heterocycles. The van der Waals surface area contributed by atoms with Gasteiger partial charge in [0.2, 0.25) is 0 Å². The Balaban J connectivity index is 1.67. The largest absolute Gasteiger partial charge is 0.492 e. The van der Waals surface area contributed by atoms with Crippen molar-refractivity contribution in [1.82, 2.24) is 14.9 Å². The van der Waals surface area contributed by atoms with Crippen molar-refractivity contribution >= 4 is 22.6 Å². The standard InChI is InChI=1S/C23H24F3N5O2/c1-14-4-5-18(19(24)10-14)23(25,26)30-22-17-12-15(33-9-8-31-6-2-3-7-31)11-16(21(27)32)20(17)28-13-29-22/h4-5,10-13H,2-3,6-9H2,1H3,(H2,27,32)(H,28,29,30). The Morgan fingerprint density at radius 1 is 1.21 bits per heavy atom. The van der Waals surface area contributed by atoms with E-state index in [4.69, 9.17) is 10.5 Å². The Bertz CT molecular complexity index is 1180. The number of likely N-dealkylation sites (tertiary alicyclic amines) is 1. The molecule has 1 fully saturated rings. The third-order valence-corrected chi connectivity index (χ3v) is 5.59. The number of alkyl halides is 2. The maximum absolute atomic E-state index is 15.0. The van der Waals surface area contributed by atoms with Crippen LogP contribution in [0.1, 0.15) is 34.3 Å². The molecular weight excluding hydrogens is 435 g/mol. The second-order valence-electron chi connectivity index (χ2n) is 8.03. The summed E-state index contributed by atoms with van der Waals surface area (Å²) in [6, 6.07) is 2.56. The zero-order chi connectivity index (χ0) is 23.6. The fourth-order valence-corrected chi connectivity index (χ4v) is 3.90. The minimum Gasteiger partial charge on any atom is -0.492 e. The lowest BCUT2D eigenvalue weighted by Gasteiger charge is -2.21. The van der Waals surface area contributed by atoms with Gasteiger partial charge in [0.15, 0.2) is 0 Å². The first-order valence-electron chi connectivity index (χ1n) is 10.6. The number of hydrogen-bond donors (Lipinski definition) is 2. The van der Waals surface area contributed by atoms with Gasteiger partial charge in [0.25, 0.3) is 5.91 Å². The molecule has 0 aliphatic carbocycles. The van der Waals surface area contributed by atoms with Crippen LogP contribution in [0, 0.1) is 12.7 Å². The molecule has 0 bridgehead atoms. The summed E-state index contributed by atoms with van der Waals surface area (Å²) in [6.45, 7) is 4.66. The summed E-state index contributed by atoms with van der Waals surface area (Å²) in [6.07, 6.45) is 3.32. The first-order valence-corrected chi connectivity index (χ1v) is 10.6. The van der Waals surface area contributed by atoms with E-state index in [9.17, 15) is 18.0 Å². The van der Waals surface area contributed by atoms with Crippen LogP contribution in [-0.2, 0) is 6.05 Å². The van der Waals surface area contributed by atoms with E-state index >= 15 is 0 Å². The second-order valence-corrected chi connectivity index (χ2v) is 8.03. The van der Waals surface area contributed by atoms with E-state index in [1.165, 1.54) is 18.2 Å². The molecule has 1 aliphatic heterocycles. The number of nitrogens with zero attached hydrogens (tertiary/aromatic N) is 3. The van der Waals surface area contributed by atoms with Crippen molar-refractivity contribution in [1.29, 1.82) is 0 Å². The van der Waals surface area contributed by atoms with Crippen LogP contribution >= 0.6 is 0 Å². The molecule has 1 saturated heterocycles. The normalized spacial score (nSPS) is 14.5. The summed E-state index contributed by atoms with van der Waals surface area (Å²) in [7, 11) is 0. The maximum atomic E-state index is 15.0. The number of primary amides is 1. The predicted molar refractivity (Wildman–Crippen MR) is 118 cm³/mol. The van der Waals surface area contributed by atoms with Crippen LogP contribution in [0.3, 0.4) is 0 Å². The number of anilines is 1. The number of ether oxygens (including phenoxy) is 1. The van der Waals surface area contributed by atoms with Crippen LogP contribution in [0.2, 0.25) is 0 Å². The molecule has 0 radical (unpaired) electrons. The van der Waals surface area contributed by atoms with E-state index in [1.54, 1.807) is 6.92 Å². The minimum absolute atomic E-state index is 0.0129. The van der Waals surface area contributed by atoms with Crippen molar-refractivity contribution in [2.24, 2.45) is 5.73 Å². The van der Waals surface area contributed by atoms with Gasteiger partial charge in [0.05, 0.1) is 16.6 Å². The average molecular weight is 459 g/mol. The van der Waals surface area contributed by atoms with Crippen LogP contribution in [0.4, 0.5) is 19.0 Å². The van der Waals surface area contributed by atoms with Gasteiger partial charge in [-0.15, -0.1) is 0 Å². The molecule has 0 spiro atoms. The average Bonchev–Trinajstić information content (AvgIpc) is 3.26. The van der Waals surface area contributed by atoms with Crippen molar-refractivity contribution in [2.45, 2.75) is 25.8 Å². The van der Waals surface area contributed by atoms with Gasteiger partial charge < -0.3 is 15.8 Å². The molecule has 2 aromatic carbocycles. The van der Waals surface area contributed by atoms with Crippen molar-refractivity contribution in [3.63, 3.8) is 0 Å². The third kappa shape index (κ3) is 5.00. The van der Waals surface area contributed by atoms with Gasteiger partial charge in [0, 0.05) is 11.9 Å². The molecule has 0 saturated carbocycles. The molecule has 1 aliphatic rings. The van der Waals surface area contributed by atoms with Crippen LogP contribution < -0.4 is 15.8 Å². The molecular formula is C23H24F3N5O2. The fourth-order valence-electron chi connectivity index (χ4n) is 3.90.